The van der Waals surface area contributed by atoms with Crippen LogP contribution in [-0.2, 0) is 14.3 Å². The fourth-order valence-electron chi connectivity index (χ4n) is 4.66. The minimum Gasteiger partial charge on any atom is -0.467 e. The van der Waals surface area contributed by atoms with E-state index < -0.39 is 17.7 Å². The Bertz CT molecular complexity index is 1540. The van der Waals surface area contributed by atoms with Crippen molar-refractivity contribution in [3.8, 4) is 33.5 Å². The van der Waals surface area contributed by atoms with Crippen LogP contribution >= 0.6 is 0 Å². The molecule has 0 aliphatic rings. The number of hydrogen-bond donors (Lipinski definition) is 1. The highest BCUT2D eigenvalue weighted by molar-refractivity contribution is 5.94. The second-order valence-corrected chi connectivity index (χ2v) is 10.3. The molecule has 0 spiro atoms. The Morgan fingerprint density at radius 3 is 2.03 bits per heavy atom. The lowest BCUT2D eigenvalue weighted by molar-refractivity contribution is -0.164. The number of nitrogens with zero attached hydrogens (tertiary/aromatic N) is 3. The minimum atomic E-state index is -1.09. The number of aryl methyl sites for hydroxylation is 3. The lowest BCUT2D eigenvalue weighted by Crippen LogP contribution is -2.29. The molecule has 0 fully saturated rings. The second-order valence-electron chi connectivity index (χ2n) is 10.3. The number of carbonyl (C=O) groups is 1. The van der Waals surface area contributed by atoms with Gasteiger partial charge in [0.2, 0.25) is 5.69 Å². The van der Waals surface area contributed by atoms with E-state index in [1.807, 2.05) is 77.9 Å². The van der Waals surface area contributed by atoms with Gasteiger partial charge in [0, 0.05) is 22.5 Å². The number of pyridine rings is 1. The number of benzene rings is 2. The van der Waals surface area contributed by atoms with Crippen LogP contribution in [0.15, 0.2) is 53.1 Å². The van der Waals surface area contributed by atoms with Crippen LogP contribution < -0.4 is 5.73 Å². The van der Waals surface area contributed by atoms with E-state index in [1.165, 1.54) is 7.11 Å². The first-order valence-electron chi connectivity index (χ1n) is 12.5. The van der Waals surface area contributed by atoms with Gasteiger partial charge in [-0.3, -0.25) is 4.98 Å². The van der Waals surface area contributed by atoms with Crippen LogP contribution in [0.1, 0.15) is 49.6 Å². The summed E-state index contributed by atoms with van der Waals surface area (Å²) in [6.07, 6.45) is -1.09. The largest absolute Gasteiger partial charge is 0.467 e. The summed E-state index contributed by atoms with van der Waals surface area (Å²) >= 11 is 0. The van der Waals surface area contributed by atoms with E-state index in [0.717, 1.165) is 33.7 Å². The van der Waals surface area contributed by atoms with Gasteiger partial charge in [-0.2, -0.15) is 0 Å². The Kier molecular flexibility index (Phi) is 7.57. The molecule has 0 aliphatic heterocycles. The van der Waals surface area contributed by atoms with Crippen molar-refractivity contribution >= 4 is 17.3 Å². The van der Waals surface area contributed by atoms with E-state index in [1.54, 1.807) is 12.1 Å². The molecule has 2 aromatic heterocycles. The Morgan fingerprint density at radius 1 is 0.949 bits per heavy atom. The third-order valence-corrected chi connectivity index (χ3v) is 6.34. The van der Waals surface area contributed by atoms with Gasteiger partial charge in [-0.25, -0.2) is 9.64 Å². The smallest absolute Gasteiger partial charge is 0.339 e. The average molecular weight is 525 g/mol. The summed E-state index contributed by atoms with van der Waals surface area (Å²) in [6.45, 7) is 19.4. The van der Waals surface area contributed by atoms with Crippen molar-refractivity contribution in [3.05, 3.63) is 82.7 Å². The van der Waals surface area contributed by atoms with Gasteiger partial charge in [0.05, 0.1) is 30.7 Å². The van der Waals surface area contributed by atoms with Crippen LogP contribution in [0.3, 0.4) is 0 Å². The van der Waals surface area contributed by atoms with Crippen LogP contribution in [0, 0.1) is 27.3 Å². The Hall–Kier alpha value is -4.48. The number of rotatable bonds is 6. The average Bonchev–Trinajstić information content (AvgIpc) is 3.24. The molecule has 2 N–H and O–H groups in total. The van der Waals surface area contributed by atoms with Crippen molar-refractivity contribution in [1.82, 2.24) is 10.1 Å². The number of ether oxygens (including phenoxy) is 2. The molecule has 8 heteroatoms. The van der Waals surface area contributed by atoms with Crippen molar-refractivity contribution in [3.63, 3.8) is 0 Å². The molecule has 0 saturated heterocycles. The molecule has 2 heterocycles. The van der Waals surface area contributed by atoms with Gasteiger partial charge in [0.1, 0.15) is 5.76 Å². The number of nitrogen functional groups attached to an aromatic ring is 1. The van der Waals surface area contributed by atoms with Gasteiger partial charge in [-0.15, -0.1) is 0 Å². The predicted octanol–water partition coefficient (Wildman–Crippen LogP) is 7.16. The molecule has 0 amide bonds. The van der Waals surface area contributed by atoms with Crippen molar-refractivity contribution in [2.75, 3.05) is 12.8 Å². The monoisotopic (exact) mass is 524 g/mol. The van der Waals surface area contributed by atoms with Gasteiger partial charge in [-0.1, -0.05) is 41.6 Å². The maximum absolute atomic E-state index is 13.1. The third kappa shape index (κ3) is 5.54. The van der Waals surface area contributed by atoms with Gasteiger partial charge < -0.3 is 19.7 Å². The first-order chi connectivity index (χ1) is 18.4. The second kappa shape index (κ2) is 10.7. The number of hydrogen-bond acceptors (Lipinski definition) is 7. The third-order valence-electron chi connectivity index (χ3n) is 6.34. The lowest BCUT2D eigenvalue weighted by Gasteiger charge is -2.29. The molecule has 0 bridgehead atoms. The van der Waals surface area contributed by atoms with Gasteiger partial charge in [0.25, 0.3) is 0 Å². The molecule has 0 saturated carbocycles. The van der Waals surface area contributed by atoms with E-state index in [-0.39, 0.29) is 0 Å². The van der Waals surface area contributed by atoms with E-state index >= 15 is 0 Å². The van der Waals surface area contributed by atoms with Crippen LogP contribution in [-0.4, -0.2) is 28.8 Å². The van der Waals surface area contributed by atoms with Crippen LogP contribution in [0.25, 0.3) is 38.4 Å². The molecule has 200 valence electrons. The summed E-state index contributed by atoms with van der Waals surface area (Å²) in [5.74, 6) is 0.165. The zero-order valence-electron chi connectivity index (χ0n) is 23.2. The van der Waals surface area contributed by atoms with Crippen molar-refractivity contribution in [2.24, 2.45) is 0 Å². The number of anilines is 1. The zero-order chi connectivity index (χ0) is 28.5. The molecule has 0 aliphatic carbocycles. The fourth-order valence-corrected chi connectivity index (χ4v) is 4.66. The first kappa shape index (κ1) is 27.6. The van der Waals surface area contributed by atoms with E-state index in [4.69, 9.17) is 31.3 Å². The van der Waals surface area contributed by atoms with E-state index in [2.05, 4.69) is 10.0 Å². The van der Waals surface area contributed by atoms with Gasteiger partial charge in [0.15, 0.2) is 6.10 Å². The number of carbonyl (C=O) groups excluding carboxylic acids is 1. The molecule has 8 nitrogen and oxygen atoms in total. The van der Waals surface area contributed by atoms with E-state index in [0.29, 0.717) is 33.9 Å². The maximum atomic E-state index is 13.1. The van der Waals surface area contributed by atoms with Crippen molar-refractivity contribution in [1.29, 1.82) is 0 Å². The highest BCUT2D eigenvalue weighted by Gasteiger charge is 2.34. The first-order valence-corrected chi connectivity index (χ1v) is 12.5. The topological polar surface area (TPSA) is 105 Å². The zero-order valence-corrected chi connectivity index (χ0v) is 23.2. The molecule has 1 atom stereocenters. The molecular formula is C31H32N4O4. The molecule has 0 radical (unpaired) electrons. The SMILES string of the molecule is [C-]#[N+]c1c(-c2ccc(-c3c(C)noc3C)cc2)nc(C)c([C@H](OC(C)(C)C)C(=O)OC)c1-c1ccc(N)cc1. The molecular weight excluding hydrogens is 492 g/mol. The summed E-state index contributed by atoms with van der Waals surface area (Å²) in [4.78, 5) is 21.8. The molecule has 0 unspecified atom stereocenters. The summed E-state index contributed by atoms with van der Waals surface area (Å²) < 4.78 is 16.7. The number of methoxy groups -OCH3 is 1. The molecule has 4 aromatic rings. The Labute approximate surface area is 228 Å². The van der Waals surface area contributed by atoms with Crippen LogP contribution in [0.2, 0.25) is 0 Å². The van der Waals surface area contributed by atoms with Gasteiger partial charge >= 0.3 is 5.97 Å². The quantitative estimate of drug-likeness (QED) is 0.162. The summed E-state index contributed by atoms with van der Waals surface area (Å²) in [6, 6.07) is 15.0. The number of aromatic nitrogens is 2. The summed E-state index contributed by atoms with van der Waals surface area (Å²) in [7, 11) is 1.32. The highest BCUT2D eigenvalue weighted by atomic mass is 16.6. The van der Waals surface area contributed by atoms with Crippen LogP contribution in [0.5, 0.6) is 0 Å². The van der Waals surface area contributed by atoms with Gasteiger partial charge in [-0.05, 0) is 75.9 Å². The van der Waals surface area contributed by atoms with Crippen LogP contribution in [0.4, 0.5) is 11.4 Å². The van der Waals surface area contributed by atoms with Crippen molar-refractivity contribution in [2.45, 2.75) is 53.2 Å². The summed E-state index contributed by atoms with van der Waals surface area (Å²) in [5, 5.41) is 4.05. The standard InChI is InChI=1S/C31H32N4O4/c1-17-25(29(30(36)37-8)38-31(4,5)6)26(21-13-15-23(32)16-14-21)28(33-7)27(34-17)22-11-9-20(10-12-22)24-18(2)35-39-19(24)3/h9-16,29H,32H2,1-6,8H3/t29-/m0/s1. The fraction of sp³-hybridized carbons (Fsp3) is 0.290. The predicted molar refractivity (Wildman–Crippen MR) is 151 cm³/mol. The Morgan fingerprint density at radius 2 is 1.51 bits per heavy atom. The summed E-state index contributed by atoms with van der Waals surface area (Å²) in [5.41, 5.74) is 12.5. The number of nitrogens with two attached hydrogens (primary N) is 1. The molecule has 4 rings (SSSR count). The Balaban J connectivity index is 1.98. The lowest BCUT2D eigenvalue weighted by atomic mass is 9.90. The normalized spacial score (nSPS) is 12.2. The van der Waals surface area contributed by atoms with Crippen molar-refractivity contribution < 1.29 is 18.8 Å². The highest BCUT2D eigenvalue weighted by Crippen LogP contribution is 2.46. The molecule has 2 aromatic carbocycles. The number of esters is 1. The molecule has 39 heavy (non-hydrogen) atoms. The van der Waals surface area contributed by atoms with E-state index in [9.17, 15) is 4.79 Å². The minimum absolute atomic E-state index is 0.303. The maximum Gasteiger partial charge on any atom is 0.339 e.